The van der Waals surface area contributed by atoms with Crippen LogP contribution in [0, 0.1) is 0 Å². The predicted molar refractivity (Wildman–Crippen MR) is 77.6 cm³/mol. The number of likely N-dealkylation sites (tertiary alicyclic amines) is 1. The summed E-state index contributed by atoms with van der Waals surface area (Å²) in [6, 6.07) is 8.46. The van der Waals surface area contributed by atoms with Crippen molar-refractivity contribution >= 4 is 11.6 Å². The number of nitrogen functional groups attached to an aromatic ring is 1. The van der Waals surface area contributed by atoms with Gasteiger partial charge in [0.05, 0.1) is 0 Å². The molecule has 0 aromatic heterocycles. The molecule has 1 heterocycles. The number of carbonyl (C=O) groups is 1. The molecule has 0 saturated carbocycles. The van der Waals surface area contributed by atoms with Crippen LogP contribution in [0.3, 0.4) is 0 Å². The Balaban J connectivity index is 1.85. The van der Waals surface area contributed by atoms with Crippen LogP contribution < -0.4 is 5.73 Å². The van der Waals surface area contributed by atoms with Crippen LogP contribution in [0.5, 0.6) is 0 Å². The van der Waals surface area contributed by atoms with Crippen molar-refractivity contribution in [2.24, 2.45) is 0 Å². The van der Waals surface area contributed by atoms with Crippen LogP contribution in [0.1, 0.15) is 25.3 Å². The Bertz CT molecular complexity index is 439. The van der Waals surface area contributed by atoms with Crippen molar-refractivity contribution in [3.05, 3.63) is 29.8 Å². The van der Waals surface area contributed by atoms with E-state index in [1.807, 2.05) is 30.1 Å². The molecule has 4 heteroatoms. The van der Waals surface area contributed by atoms with E-state index >= 15 is 0 Å². The van der Waals surface area contributed by atoms with Crippen LogP contribution in [0.25, 0.3) is 0 Å². The number of carbonyl (C=O) groups excluding carboxylic acids is 1. The van der Waals surface area contributed by atoms with Gasteiger partial charge in [0.15, 0.2) is 0 Å². The maximum absolute atomic E-state index is 11.4. The summed E-state index contributed by atoms with van der Waals surface area (Å²) in [7, 11) is 1.90. The minimum atomic E-state index is 0.161. The zero-order valence-corrected chi connectivity index (χ0v) is 11.8. The number of benzene rings is 1. The molecule has 1 aromatic carbocycles. The Morgan fingerprint density at radius 2 is 2.11 bits per heavy atom. The van der Waals surface area contributed by atoms with E-state index in [1.165, 1.54) is 5.56 Å². The van der Waals surface area contributed by atoms with Gasteiger partial charge in [0, 0.05) is 45.3 Å². The molecule has 1 fully saturated rings. The monoisotopic (exact) mass is 261 g/mol. The number of anilines is 1. The second-order valence-corrected chi connectivity index (χ2v) is 5.38. The van der Waals surface area contributed by atoms with Crippen LogP contribution in [-0.2, 0) is 11.3 Å². The molecule has 1 aliphatic rings. The maximum Gasteiger partial charge on any atom is 0.219 e. The van der Waals surface area contributed by atoms with Crippen LogP contribution in [0.4, 0.5) is 5.69 Å². The van der Waals surface area contributed by atoms with Gasteiger partial charge in [-0.3, -0.25) is 9.69 Å². The van der Waals surface area contributed by atoms with Gasteiger partial charge in [-0.25, -0.2) is 0 Å². The summed E-state index contributed by atoms with van der Waals surface area (Å²) >= 11 is 0. The molecule has 2 N–H and O–H groups in total. The number of hydrogen-bond acceptors (Lipinski definition) is 3. The van der Waals surface area contributed by atoms with E-state index in [-0.39, 0.29) is 5.91 Å². The normalized spacial score (nSPS) is 17.4. The molecule has 104 valence electrons. The van der Waals surface area contributed by atoms with Gasteiger partial charge in [0.1, 0.15) is 0 Å². The maximum atomic E-state index is 11.4. The average Bonchev–Trinajstić information content (AvgIpc) is 2.39. The molecule has 2 rings (SSSR count). The summed E-state index contributed by atoms with van der Waals surface area (Å²) in [5.41, 5.74) is 7.88. The smallest absolute Gasteiger partial charge is 0.219 e. The molecule has 0 spiro atoms. The zero-order chi connectivity index (χ0) is 13.8. The summed E-state index contributed by atoms with van der Waals surface area (Å²) in [5, 5.41) is 0. The SMILES string of the molecule is CC(=O)N(C)C1CCN(Cc2cccc(N)c2)CC1. The molecule has 1 aromatic rings. The highest BCUT2D eigenvalue weighted by Gasteiger charge is 2.23. The topological polar surface area (TPSA) is 49.6 Å². The molecular weight excluding hydrogens is 238 g/mol. The molecule has 1 saturated heterocycles. The summed E-state index contributed by atoms with van der Waals surface area (Å²) in [4.78, 5) is 15.7. The molecule has 0 atom stereocenters. The third kappa shape index (κ3) is 3.70. The molecule has 19 heavy (non-hydrogen) atoms. The summed E-state index contributed by atoms with van der Waals surface area (Å²) in [6.45, 7) is 4.66. The van der Waals surface area contributed by atoms with Crippen molar-refractivity contribution in [2.75, 3.05) is 25.9 Å². The average molecular weight is 261 g/mol. The minimum absolute atomic E-state index is 0.161. The first-order valence-corrected chi connectivity index (χ1v) is 6.86. The number of piperidine rings is 1. The first-order chi connectivity index (χ1) is 9.06. The van der Waals surface area contributed by atoms with Gasteiger partial charge < -0.3 is 10.6 Å². The molecular formula is C15H23N3O. The van der Waals surface area contributed by atoms with Gasteiger partial charge in [0.2, 0.25) is 5.91 Å². The molecule has 0 radical (unpaired) electrons. The first-order valence-electron chi connectivity index (χ1n) is 6.86. The number of nitrogens with two attached hydrogens (primary N) is 1. The molecule has 0 bridgehead atoms. The number of amides is 1. The van der Waals surface area contributed by atoms with Gasteiger partial charge in [0.25, 0.3) is 0 Å². The van der Waals surface area contributed by atoms with Crippen LogP contribution in [0.15, 0.2) is 24.3 Å². The van der Waals surface area contributed by atoms with Crippen molar-refractivity contribution in [2.45, 2.75) is 32.4 Å². The van der Waals surface area contributed by atoms with Crippen LogP contribution >= 0.6 is 0 Å². The van der Waals surface area contributed by atoms with E-state index in [0.717, 1.165) is 38.2 Å². The van der Waals surface area contributed by atoms with Crippen molar-refractivity contribution in [3.63, 3.8) is 0 Å². The summed E-state index contributed by atoms with van der Waals surface area (Å²) < 4.78 is 0. The fraction of sp³-hybridized carbons (Fsp3) is 0.533. The fourth-order valence-corrected chi connectivity index (χ4v) is 2.67. The van der Waals surface area contributed by atoms with E-state index in [0.29, 0.717) is 6.04 Å². The van der Waals surface area contributed by atoms with Gasteiger partial charge in [-0.2, -0.15) is 0 Å². The quantitative estimate of drug-likeness (QED) is 0.843. The largest absolute Gasteiger partial charge is 0.399 e. The minimum Gasteiger partial charge on any atom is -0.399 e. The van der Waals surface area contributed by atoms with Crippen molar-refractivity contribution in [3.8, 4) is 0 Å². The van der Waals surface area contributed by atoms with Gasteiger partial charge in [-0.1, -0.05) is 12.1 Å². The molecule has 0 aliphatic carbocycles. The lowest BCUT2D eigenvalue weighted by Gasteiger charge is -2.36. The number of hydrogen-bond donors (Lipinski definition) is 1. The number of nitrogens with zero attached hydrogens (tertiary/aromatic N) is 2. The van der Waals surface area contributed by atoms with E-state index < -0.39 is 0 Å². The van der Waals surface area contributed by atoms with E-state index in [4.69, 9.17) is 5.73 Å². The van der Waals surface area contributed by atoms with E-state index in [1.54, 1.807) is 6.92 Å². The third-order valence-corrected chi connectivity index (χ3v) is 3.96. The molecule has 0 unspecified atom stereocenters. The Kier molecular flexibility index (Phi) is 4.43. The standard InChI is InChI=1S/C15H23N3O/c1-12(19)17(2)15-6-8-18(9-7-15)11-13-4-3-5-14(16)10-13/h3-5,10,15H,6-9,11,16H2,1-2H3. The first kappa shape index (κ1) is 13.9. The molecule has 1 amide bonds. The lowest BCUT2D eigenvalue weighted by Crippen LogP contribution is -2.44. The predicted octanol–water partition coefficient (Wildman–Crippen LogP) is 1.71. The van der Waals surface area contributed by atoms with Gasteiger partial charge >= 0.3 is 0 Å². The highest BCUT2D eigenvalue weighted by Crippen LogP contribution is 2.18. The lowest BCUT2D eigenvalue weighted by atomic mass is 10.0. The van der Waals surface area contributed by atoms with E-state index in [9.17, 15) is 4.79 Å². The number of rotatable bonds is 3. The second-order valence-electron chi connectivity index (χ2n) is 5.38. The Morgan fingerprint density at radius 1 is 1.42 bits per heavy atom. The Hall–Kier alpha value is -1.55. The molecule has 4 nitrogen and oxygen atoms in total. The van der Waals surface area contributed by atoms with Gasteiger partial charge in [-0.15, -0.1) is 0 Å². The van der Waals surface area contributed by atoms with Crippen molar-refractivity contribution < 1.29 is 4.79 Å². The van der Waals surface area contributed by atoms with E-state index in [2.05, 4.69) is 11.0 Å². The van der Waals surface area contributed by atoms with Crippen LogP contribution in [-0.4, -0.2) is 41.9 Å². The van der Waals surface area contributed by atoms with Crippen LogP contribution in [0.2, 0.25) is 0 Å². The fourth-order valence-electron chi connectivity index (χ4n) is 2.67. The highest BCUT2D eigenvalue weighted by molar-refractivity contribution is 5.73. The lowest BCUT2D eigenvalue weighted by molar-refractivity contribution is -0.130. The summed E-state index contributed by atoms with van der Waals surface area (Å²) in [6.07, 6.45) is 2.11. The highest BCUT2D eigenvalue weighted by atomic mass is 16.2. The molecule has 1 aliphatic heterocycles. The summed E-state index contributed by atoms with van der Waals surface area (Å²) in [5.74, 6) is 0.161. The Morgan fingerprint density at radius 3 is 2.68 bits per heavy atom. The van der Waals surface area contributed by atoms with Crippen molar-refractivity contribution in [1.29, 1.82) is 0 Å². The third-order valence-electron chi connectivity index (χ3n) is 3.96. The van der Waals surface area contributed by atoms with Gasteiger partial charge in [-0.05, 0) is 30.5 Å². The van der Waals surface area contributed by atoms with Crippen molar-refractivity contribution in [1.82, 2.24) is 9.80 Å². The zero-order valence-electron chi connectivity index (χ0n) is 11.8. The Labute approximate surface area is 115 Å². The second kappa shape index (κ2) is 6.06.